The van der Waals surface area contributed by atoms with E-state index < -0.39 is 11.8 Å². The van der Waals surface area contributed by atoms with Crippen LogP contribution >= 0.6 is 23.2 Å². The normalized spacial score (nSPS) is 25.0. The van der Waals surface area contributed by atoms with Crippen molar-refractivity contribution in [1.29, 1.82) is 0 Å². The Morgan fingerprint density at radius 2 is 1.67 bits per heavy atom. The number of phenolic OH excluding ortho intramolecular Hbond substituents is 1. The molecule has 3 saturated heterocycles. The minimum Gasteiger partial charge on any atom is -0.505 e. The number of aromatic hydroxyl groups is 1. The minimum atomic E-state index is -0.946. The molecule has 0 aliphatic carbocycles. The van der Waals surface area contributed by atoms with E-state index in [4.69, 9.17) is 27.9 Å². The molecule has 0 bridgehead atoms. The number of benzene rings is 2. The van der Waals surface area contributed by atoms with Crippen molar-refractivity contribution in [3.05, 3.63) is 57.6 Å². The number of phenols is 1. The number of para-hydroxylation sites is 1. The molecule has 10 nitrogen and oxygen atoms in total. The van der Waals surface area contributed by atoms with Crippen molar-refractivity contribution in [1.82, 2.24) is 19.6 Å². The van der Waals surface area contributed by atoms with Crippen molar-refractivity contribution >= 4 is 47.3 Å². The molecule has 0 aromatic heterocycles. The summed E-state index contributed by atoms with van der Waals surface area (Å²) in [4.78, 5) is 48.5. The summed E-state index contributed by atoms with van der Waals surface area (Å²) < 4.78 is 5.83. The number of nitrogens with zero attached hydrogens (tertiary/aromatic N) is 4. The van der Waals surface area contributed by atoms with E-state index >= 15 is 0 Å². The maximum atomic E-state index is 13.9. The molecule has 4 aliphatic rings. The van der Waals surface area contributed by atoms with Crippen molar-refractivity contribution in [3.8, 4) is 5.75 Å². The second-order valence-electron chi connectivity index (χ2n) is 13.0. The molecule has 0 unspecified atom stereocenters. The molecule has 0 spiro atoms. The number of rotatable bonds is 7. The highest BCUT2D eigenvalue weighted by Gasteiger charge is 2.52. The molecule has 3 fully saturated rings. The van der Waals surface area contributed by atoms with Crippen LogP contribution in [0.15, 0.2) is 36.4 Å². The van der Waals surface area contributed by atoms with Crippen LogP contribution in [0.3, 0.4) is 0 Å². The molecule has 4 heterocycles. The lowest BCUT2D eigenvalue weighted by Crippen LogP contribution is -2.70. The maximum absolute atomic E-state index is 13.9. The standard InChI is InChI=1S/C34H43Cl2N5O5/c35-28-20-24(21-29(36)31(28)43)23-46-33(45)41-18-11-27(40-17-8-25-6-2-3-7-30(25)37-32(40)44)22-34(41,12-19-42)39-15-9-26(10-16-39)38-13-4-1-5-14-38/h2-3,6-7,19-21,26-27,43H,1,4-5,8-18,22-23H2,(H,37,44)/t27-,34+/m1/s1. The monoisotopic (exact) mass is 671 g/mol. The van der Waals surface area contributed by atoms with Gasteiger partial charge >= 0.3 is 12.1 Å². The van der Waals surface area contributed by atoms with E-state index in [1.807, 2.05) is 29.2 Å². The SMILES string of the molecule is O=CC[C@@]1(N2CCC(N3CCCCC3)CC2)C[C@H](N2CCc3ccccc3NC2=O)CCN1C(=O)OCc1cc(Cl)c(O)c(Cl)c1. The molecular formula is C34H43Cl2N5O5. The Morgan fingerprint density at radius 3 is 2.39 bits per heavy atom. The molecule has 2 aromatic rings. The third kappa shape index (κ3) is 6.81. The highest BCUT2D eigenvalue weighted by molar-refractivity contribution is 6.37. The Morgan fingerprint density at radius 1 is 0.978 bits per heavy atom. The van der Waals surface area contributed by atoms with Gasteiger partial charge in [-0.25, -0.2) is 9.59 Å². The Kier molecular flexibility index (Phi) is 10.3. The van der Waals surface area contributed by atoms with Gasteiger partial charge < -0.3 is 29.8 Å². The third-order valence-electron chi connectivity index (χ3n) is 10.4. The number of hydrogen-bond acceptors (Lipinski definition) is 7. The fourth-order valence-electron chi connectivity index (χ4n) is 7.95. The quantitative estimate of drug-likeness (QED) is 0.342. The number of amides is 3. The van der Waals surface area contributed by atoms with Crippen molar-refractivity contribution in [3.63, 3.8) is 0 Å². The van der Waals surface area contributed by atoms with Gasteiger partial charge in [0.1, 0.15) is 18.6 Å². The fraction of sp³-hybridized carbons (Fsp3) is 0.559. The molecular weight excluding hydrogens is 629 g/mol. The molecule has 2 N–H and O–H groups in total. The van der Waals surface area contributed by atoms with Crippen LogP contribution in [0.1, 0.15) is 62.5 Å². The Labute approximate surface area is 280 Å². The van der Waals surface area contributed by atoms with Gasteiger partial charge in [0.2, 0.25) is 0 Å². The average Bonchev–Trinajstić information content (AvgIpc) is 3.24. The lowest BCUT2D eigenvalue weighted by Gasteiger charge is -2.57. The Balaban J connectivity index is 1.24. The number of carbonyl (C=O) groups is 3. The largest absolute Gasteiger partial charge is 0.505 e. The van der Waals surface area contributed by atoms with Gasteiger partial charge in [-0.2, -0.15) is 0 Å². The summed E-state index contributed by atoms with van der Waals surface area (Å²) in [6.45, 7) is 4.52. The first-order valence-corrected chi connectivity index (χ1v) is 17.2. The summed E-state index contributed by atoms with van der Waals surface area (Å²) in [5, 5.41) is 13.2. The molecule has 2 atom stereocenters. The number of halogens is 2. The topological polar surface area (TPSA) is 106 Å². The van der Waals surface area contributed by atoms with E-state index in [1.165, 1.54) is 31.4 Å². The molecule has 248 valence electrons. The highest BCUT2D eigenvalue weighted by atomic mass is 35.5. The van der Waals surface area contributed by atoms with Crippen LogP contribution in [-0.4, -0.2) is 100 Å². The first-order chi connectivity index (χ1) is 22.3. The van der Waals surface area contributed by atoms with E-state index in [2.05, 4.69) is 15.1 Å². The summed E-state index contributed by atoms with van der Waals surface area (Å²) in [7, 11) is 0. The van der Waals surface area contributed by atoms with Crippen LogP contribution in [0, 0.1) is 0 Å². The predicted octanol–water partition coefficient (Wildman–Crippen LogP) is 6.13. The summed E-state index contributed by atoms with van der Waals surface area (Å²) in [6, 6.07) is 11.1. The number of ether oxygens (including phenoxy) is 1. The highest BCUT2D eigenvalue weighted by Crippen LogP contribution is 2.40. The maximum Gasteiger partial charge on any atom is 0.411 e. The van der Waals surface area contributed by atoms with Crippen molar-refractivity contribution in [2.24, 2.45) is 0 Å². The van der Waals surface area contributed by atoms with Crippen LogP contribution in [-0.2, 0) is 22.6 Å². The zero-order valence-corrected chi connectivity index (χ0v) is 27.6. The van der Waals surface area contributed by atoms with E-state index in [-0.39, 0.29) is 40.9 Å². The zero-order chi connectivity index (χ0) is 32.3. The summed E-state index contributed by atoms with van der Waals surface area (Å²) in [5.41, 5.74) is 1.51. The average molecular weight is 673 g/mol. The van der Waals surface area contributed by atoms with Gasteiger partial charge in [-0.05, 0) is 80.9 Å². The molecule has 4 aliphatic heterocycles. The number of piperidine rings is 3. The smallest absolute Gasteiger partial charge is 0.411 e. The van der Waals surface area contributed by atoms with Gasteiger partial charge in [-0.15, -0.1) is 0 Å². The Bertz CT molecular complexity index is 1410. The van der Waals surface area contributed by atoms with Gasteiger partial charge in [0.05, 0.1) is 10.0 Å². The van der Waals surface area contributed by atoms with E-state index in [0.29, 0.717) is 37.5 Å². The number of anilines is 1. The number of nitrogens with one attached hydrogen (secondary N) is 1. The number of aldehydes is 1. The second kappa shape index (κ2) is 14.4. The Hall–Kier alpha value is -3.05. The van der Waals surface area contributed by atoms with Crippen LogP contribution in [0.4, 0.5) is 15.3 Å². The summed E-state index contributed by atoms with van der Waals surface area (Å²) in [5.74, 6) is -0.223. The molecule has 2 aromatic carbocycles. The van der Waals surface area contributed by atoms with Gasteiger partial charge in [0.25, 0.3) is 0 Å². The van der Waals surface area contributed by atoms with Gasteiger partial charge in [-0.1, -0.05) is 47.8 Å². The van der Waals surface area contributed by atoms with Crippen molar-refractivity contribution in [2.75, 3.05) is 44.6 Å². The van der Waals surface area contributed by atoms with E-state index in [0.717, 1.165) is 63.0 Å². The van der Waals surface area contributed by atoms with Gasteiger partial charge in [-0.3, -0.25) is 9.80 Å². The lowest BCUT2D eigenvalue weighted by atomic mass is 9.84. The number of carbonyl (C=O) groups excluding carboxylic acids is 3. The molecule has 0 radical (unpaired) electrons. The van der Waals surface area contributed by atoms with E-state index in [1.54, 1.807) is 4.90 Å². The van der Waals surface area contributed by atoms with Crippen molar-refractivity contribution < 1.29 is 24.2 Å². The lowest BCUT2D eigenvalue weighted by molar-refractivity contribution is -0.128. The molecule has 46 heavy (non-hydrogen) atoms. The zero-order valence-electron chi connectivity index (χ0n) is 26.1. The van der Waals surface area contributed by atoms with Crippen LogP contribution in [0.25, 0.3) is 0 Å². The summed E-state index contributed by atoms with van der Waals surface area (Å²) >= 11 is 12.2. The van der Waals surface area contributed by atoms with Gasteiger partial charge in [0.15, 0.2) is 5.75 Å². The van der Waals surface area contributed by atoms with Crippen molar-refractivity contribution in [2.45, 2.75) is 82.1 Å². The second-order valence-corrected chi connectivity index (χ2v) is 13.8. The van der Waals surface area contributed by atoms with E-state index in [9.17, 15) is 19.5 Å². The number of urea groups is 1. The number of fused-ring (bicyclic) bond motifs is 1. The number of likely N-dealkylation sites (tertiary alicyclic amines) is 3. The fourth-order valence-corrected chi connectivity index (χ4v) is 8.48. The molecule has 12 heteroatoms. The van der Waals surface area contributed by atoms with Crippen LogP contribution in [0.5, 0.6) is 5.75 Å². The number of hydrogen-bond donors (Lipinski definition) is 2. The minimum absolute atomic E-state index is 0.0733. The molecule has 3 amide bonds. The summed E-state index contributed by atoms with van der Waals surface area (Å²) in [6.07, 6.45) is 7.85. The van der Waals surface area contributed by atoms with Gasteiger partial charge in [0, 0.05) is 56.8 Å². The molecule has 6 rings (SSSR count). The first-order valence-electron chi connectivity index (χ1n) is 16.5. The molecule has 0 saturated carbocycles. The van der Waals surface area contributed by atoms with Crippen LogP contribution in [0.2, 0.25) is 10.0 Å². The first kappa shape index (κ1) is 32.9. The third-order valence-corrected chi connectivity index (χ3v) is 10.9. The predicted molar refractivity (Wildman–Crippen MR) is 177 cm³/mol. The van der Waals surface area contributed by atoms with Crippen LogP contribution < -0.4 is 5.32 Å².